The summed E-state index contributed by atoms with van der Waals surface area (Å²) < 4.78 is 2.09. The Labute approximate surface area is 120 Å². The van der Waals surface area contributed by atoms with Crippen LogP contribution in [-0.2, 0) is 12.0 Å². The maximum absolute atomic E-state index is 4.66. The lowest BCUT2D eigenvalue weighted by molar-refractivity contribution is 0.543. The maximum Gasteiger partial charge on any atom is 0.135 e. The van der Waals surface area contributed by atoms with Gasteiger partial charge in [-0.3, -0.25) is 0 Å². The molecule has 2 aromatic rings. The predicted molar refractivity (Wildman–Crippen MR) is 80.8 cm³/mol. The molecule has 0 bridgehead atoms. The molecule has 108 valence electrons. The minimum Gasteiger partial charge on any atom is -0.360 e. The second-order valence-electron chi connectivity index (χ2n) is 6.06. The van der Waals surface area contributed by atoms with Crippen LogP contribution in [0.25, 0.3) is 0 Å². The van der Waals surface area contributed by atoms with Gasteiger partial charge in [-0.1, -0.05) is 20.8 Å². The molecule has 0 amide bonds. The van der Waals surface area contributed by atoms with Gasteiger partial charge in [-0.05, 0) is 12.5 Å². The molecule has 0 aliphatic heterocycles. The van der Waals surface area contributed by atoms with Gasteiger partial charge in [-0.25, -0.2) is 15.0 Å². The zero-order valence-corrected chi connectivity index (χ0v) is 12.7. The third kappa shape index (κ3) is 3.79. The molecule has 0 N–H and O–H groups in total. The van der Waals surface area contributed by atoms with Crippen LogP contribution in [-0.4, -0.2) is 33.1 Å². The van der Waals surface area contributed by atoms with E-state index in [-0.39, 0.29) is 5.41 Å². The number of anilines is 1. The molecule has 0 aliphatic carbocycles. The SMILES string of the molecule is CN(CCCn1ccnc1)c1ccnc(C(C)(C)C)n1. The Hall–Kier alpha value is -1.91. The first-order chi connectivity index (χ1) is 9.47. The summed E-state index contributed by atoms with van der Waals surface area (Å²) in [5.41, 5.74) is -0.0202. The highest BCUT2D eigenvalue weighted by atomic mass is 15.2. The van der Waals surface area contributed by atoms with Crippen molar-refractivity contribution in [1.29, 1.82) is 0 Å². The molecule has 0 aliphatic rings. The van der Waals surface area contributed by atoms with E-state index in [2.05, 4.69) is 52.2 Å². The first-order valence-electron chi connectivity index (χ1n) is 6.97. The highest BCUT2D eigenvalue weighted by molar-refractivity contribution is 5.36. The van der Waals surface area contributed by atoms with Gasteiger partial charge in [0, 0.05) is 44.1 Å². The molecular formula is C15H23N5. The van der Waals surface area contributed by atoms with Gasteiger partial charge in [-0.15, -0.1) is 0 Å². The summed E-state index contributed by atoms with van der Waals surface area (Å²) in [6.45, 7) is 8.32. The summed E-state index contributed by atoms with van der Waals surface area (Å²) in [7, 11) is 2.07. The van der Waals surface area contributed by atoms with Crippen molar-refractivity contribution in [3.05, 3.63) is 36.8 Å². The van der Waals surface area contributed by atoms with Gasteiger partial charge in [0.1, 0.15) is 11.6 Å². The van der Waals surface area contributed by atoms with Gasteiger partial charge >= 0.3 is 0 Å². The van der Waals surface area contributed by atoms with Crippen molar-refractivity contribution in [3.8, 4) is 0 Å². The average molecular weight is 273 g/mol. The first kappa shape index (κ1) is 14.5. The van der Waals surface area contributed by atoms with E-state index in [9.17, 15) is 0 Å². The zero-order valence-electron chi connectivity index (χ0n) is 12.7. The lowest BCUT2D eigenvalue weighted by atomic mass is 9.96. The molecule has 2 aromatic heterocycles. The predicted octanol–water partition coefficient (Wildman–Crippen LogP) is 2.50. The maximum atomic E-state index is 4.66. The van der Waals surface area contributed by atoms with Crippen LogP contribution in [0.1, 0.15) is 33.0 Å². The third-order valence-electron chi connectivity index (χ3n) is 3.17. The summed E-state index contributed by atoms with van der Waals surface area (Å²) in [6, 6.07) is 1.96. The van der Waals surface area contributed by atoms with E-state index >= 15 is 0 Å². The summed E-state index contributed by atoms with van der Waals surface area (Å²) >= 11 is 0. The summed E-state index contributed by atoms with van der Waals surface area (Å²) in [5, 5.41) is 0. The highest BCUT2D eigenvalue weighted by Crippen LogP contribution is 2.20. The molecule has 5 nitrogen and oxygen atoms in total. The number of hydrogen-bond donors (Lipinski definition) is 0. The van der Waals surface area contributed by atoms with E-state index in [4.69, 9.17) is 0 Å². The Bertz CT molecular complexity index is 527. The van der Waals surface area contributed by atoms with Gasteiger partial charge in [0.15, 0.2) is 0 Å². The third-order valence-corrected chi connectivity index (χ3v) is 3.17. The standard InChI is InChI=1S/C15H23N5/c1-15(2,3)14-17-7-6-13(18-14)19(4)9-5-10-20-11-8-16-12-20/h6-8,11-12H,5,9-10H2,1-4H3. The summed E-state index contributed by atoms with van der Waals surface area (Å²) in [4.78, 5) is 15.2. The van der Waals surface area contributed by atoms with Gasteiger partial charge in [0.25, 0.3) is 0 Å². The van der Waals surface area contributed by atoms with E-state index in [1.807, 2.05) is 31.0 Å². The van der Waals surface area contributed by atoms with Crippen LogP contribution >= 0.6 is 0 Å². The Morgan fingerprint density at radius 3 is 2.70 bits per heavy atom. The molecule has 5 heteroatoms. The molecule has 2 rings (SSSR count). The number of nitrogens with zero attached hydrogens (tertiary/aromatic N) is 5. The van der Waals surface area contributed by atoms with Crippen molar-refractivity contribution in [2.24, 2.45) is 0 Å². The quantitative estimate of drug-likeness (QED) is 0.839. The van der Waals surface area contributed by atoms with E-state index in [1.165, 1.54) is 0 Å². The van der Waals surface area contributed by atoms with E-state index in [1.54, 1.807) is 0 Å². The topological polar surface area (TPSA) is 46.8 Å². The lowest BCUT2D eigenvalue weighted by Crippen LogP contribution is -2.23. The molecule has 0 spiro atoms. The first-order valence-corrected chi connectivity index (χ1v) is 6.97. The number of aromatic nitrogens is 4. The van der Waals surface area contributed by atoms with E-state index in [0.717, 1.165) is 31.2 Å². The van der Waals surface area contributed by atoms with Crippen LogP contribution in [0, 0.1) is 0 Å². The van der Waals surface area contributed by atoms with Gasteiger partial charge < -0.3 is 9.47 Å². The molecule has 20 heavy (non-hydrogen) atoms. The van der Waals surface area contributed by atoms with E-state index < -0.39 is 0 Å². The van der Waals surface area contributed by atoms with Crippen molar-refractivity contribution < 1.29 is 0 Å². The van der Waals surface area contributed by atoms with Crippen LogP contribution in [0.15, 0.2) is 31.0 Å². The highest BCUT2D eigenvalue weighted by Gasteiger charge is 2.18. The fraction of sp³-hybridized carbons (Fsp3) is 0.533. The van der Waals surface area contributed by atoms with Crippen molar-refractivity contribution in [1.82, 2.24) is 19.5 Å². The van der Waals surface area contributed by atoms with E-state index in [0.29, 0.717) is 0 Å². The summed E-state index contributed by atoms with van der Waals surface area (Å²) in [6.07, 6.45) is 8.55. The smallest absolute Gasteiger partial charge is 0.135 e. The number of imidazole rings is 1. The molecule has 0 unspecified atom stereocenters. The second kappa shape index (κ2) is 6.03. The number of rotatable bonds is 5. The Kier molecular flexibility index (Phi) is 4.37. The van der Waals surface area contributed by atoms with Crippen LogP contribution < -0.4 is 4.90 Å². The molecule has 0 atom stereocenters. The molecule has 2 heterocycles. The minimum atomic E-state index is -0.0202. The van der Waals surface area contributed by atoms with Crippen molar-refractivity contribution in [2.75, 3.05) is 18.5 Å². The van der Waals surface area contributed by atoms with Crippen molar-refractivity contribution in [3.63, 3.8) is 0 Å². The molecule has 0 saturated carbocycles. The second-order valence-corrected chi connectivity index (χ2v) is 6.06. The molecule has 0 aromatic carbocycles. The number of hydrogen-bond acceptors (Lipinski definition) is 4. The van der Waals surface area contributed by atoms with Crippen LogP contribution in [0.4, 0.5) is 5.82 Å². The molecule has 0 fully saturated rings. The fourth-order valence-corrected chi connectivity index (χ4v) is 1.95. The van der Waals surface area contributed by atoms with Crippen molar-refractivity contribution in [2.45, 2.75) is 39.2 Å². The average Bonchev–Trinajstić information content (AvgIpc) is 2.91. The normalized spacial score (nSPS) is 11.6. The van der Waals surface area contributed by atoms with Crippen LogP contribution in [0.2, 0.25) is 0 Å². The van der Waals surface area contributed by atoms with Crippen LogP contribution in [0.3, 0.4) is 0 Å². The molecular weight excluding hydrogens is 250 g/mol. The Morgan fingerprint density at radius 1 is 1.25 bits per heavy atom. The molecule has 0 radical (unpaired) electrons. The fourth-order valence-electron chi connectivity index (χ4n) is 1.95. The Balaban J connectivity index is 1.93. The monoisotopic (exact) mass is 273 g/mol. The number of aryl methyl sites for hydroxylation is 1. The van der Waals surface area contributed by atoms with Gasteiger partial charge in [0.2, 0.25) is 0 Å². The minimum absolute atomic E-state index is 0.0202. The van der Waals surface area contributed by atoms with Crippen LogP contribution in [0.5, 0.6) is 0 Å². The lowest BCUT2D eigenvalue weighted by Gasteiger charge is -2.22. The largest absolute Gasteiger partial charge is 0.360 e. The molecule has 0 saturated heterocycles. The van der Waals surface area contributed by atoms with Gasteiger partial charge in [0.05, 0.1) is 6.33 Å². The van der Waals surface area contributed by atoms with Crippen molar-refractivity contribution >= 4 is 5.82 Å². The zero-order chi connectivity index (χ0) is 14.6. The Morgan fingerprint density at radius 2 is 2.05 bits per heavy atom. The summed E-state index contributed by atoms with van der Waals surface area (Å²) in [5.74, 6) is 1.87. The van der Waals surface area contributed by atoms with Gasteiger partial charge in [-0.2, -0.15) is 0 Å².